The van der Waals surface area contributed by atoms with Crippen molar-refractivity contribution in [1.82, 2.24) is 9.71 Å². The topological polar surface area (TPSA) is 147 Å². The number of nitrogens with one attached hydrogen (secondary N) is 2. The molecule has 2 unspecified atom stereocenters. The molecule has 9 nitrogen and oxygen atoms in total. The molecule has 0 bridgehead atoms. The molecule has 5 N–H and O–H groups in total. The molecule has 3 rings (SSSR count). The Kier molecular flexibility index (Phi) is 6.01. The van der Waals surface area contributed by atoms with Gasteiger partial charge in [-0.1, -0.05) is 18.9 Å². The van der Waals surface area contributed by atoms with Crippen LogP contribution < -0.4 is 15.8 Å². The van der Waals surface area contributed by atoms with Crippen LogP contribution in [0.3, 0.4) is 0 Å². The molecule has 0 amide bonds. The van der Waals surface area contributed by atoms with Gasteiger partial charge in [-0.15, -0.1) is 4.51 Å². The van der Waals surface area contributed by atoms with E-state index in [0.29, 0.717) is 29.3 Å². The zero-order valence-electron chi connectivity index (χ0n) is 14.8. The average molecular weight is 426 g/mol. The van der Waals surface area contributed by atoms with Gasteiger partial charge in [0.2, 0.25) is 16.0 Å². The van der Waals surface area contributed by atoms with Crippen LogP contribution in [-0.4, -0.2) is 36.5 Å². The van der Waals surface area contributed by atoms with E-state index in [9.17, 15) is 18.3 Å². The number of halogens is 1. The number of anilines is 1. The lowest BCUT2D eigenvalue weighted by atomic mass is 9.85. The highest BCUT2D eigenvalue weighted by atomic mass is 35.5. The third-order valence-corrected chi connectivity index (χ3v) is 6.45. The number of pyridine rings is 1. The summed E-state index contributed by atoms with van der Waals surface area (Å²) in [5.41, 5.74) is 6.08. The fraction of sp³-hybridized carbons (Fsp3) is 0.353. The smallest absolute Gasteiger partial charge is 0.308 e. The summed E-state index contributed by atoms with van der Waals surface area (Å²) in [5.74, 6) is -1.73. The summed E-state index contributed by atoms with van der Waals surface area (Å²) in [6.45, 7) is 0. The molecule has 0 aliphatic heterocycles. The van der Waals surface area contributed by atoms with E-state index in [0.717, 1.165) is 12.8 Å². The quantitative estimate of drug-likeness (QED) is 0.423. The monoisotopic (exact) mass is 425 g/mol. The maximum atomic E-state index is 12.8. The molecule has 1 aromatic heterocycles. The van der Waals surface area contributed by atoms with E-state index in [1.165, 1.54) is 24.5 Å². The van der Waals surface area contributed by atoms with Gasteiger partial charge in [0.15, 0.2) is 0 Å². The molecule has 0 radical (unpaired) electrons. The number of aromatic nitrogens is 1. The number of sulfonamides is 1. The molecule has 0 saturated heterocycles. The second-order valence-electron chi connectivity index (χ2n) is 6.62. The fourth-order valence-corrected chi connectivity index (χ4v) is 4.80. The van der Waals surface area contributed by atoms with E-state index < -0.39 is 28.0 Å². The van der Waals surface area contributed by atoms with Crippen molar-refractivity contribution in [3.63, 3.8) is 0 Å². The van der Waals surface area contributed by atoms with Gasteiger partial charge in [0, 0.05) is 34.8 Å². The van der Waals surface area contributed by atoms with Gasteiger partial charge in [-0.25, -0.2) is 13.1 Å². The molecule has 2 aromatic rings. The number of carbonyl (C=O) groups is 1. The molecule has 150 valence electrons. The molecular weight excluding hydrogens is 406 g/mol. The van der Waals surface area contributed by atoms with Gasteiger partial charge in [-0.3, -0.25) is 9.78 Å². The van der Waals surface area contributed by atoms with Crippen molar-refractivity contribution >= 4 is 50.2 Å². The van der Waals surface area contributed by atoms with Gasteiger partial charge >= 0.3 is 5.97 Å². The predicted octanol–water partition coefficient (Wildman–Crippen LogP) is 2.04. The van der Waals surface area contributed by atoms with Gasteiger partial charge in [-0.05, 0) is 25.0 Å². The van der Waals surface area contributed by atoms with Gasteiger partial charge in [0.05, 0.1) is 22.7 Å². The predicted molar refractivity (Wildman–Crippen MR) is 107 cm³/mol. The van der Waals surface area contributed by atoms with Crippen LogP contribution in [0.4, 0.5) is 5.69 Å². The second kappa shape index (κ2) is 8.29. The van der Waals surface area contributed by atoms with Crippen LogP contribution in [0.5, 0.6) is 0 Å². The Bertz CT molecular complexity index is 1030. The Hall–Kier alpha value is -2.43. The Balaban J connectivity index is 1.91. The summed E-state index contributed by atoms with van der Waals surface area (Å²) in [4.78, 5) is 15.5. The van der Waals surface area contributed by atoms with E-state index in [2.05, 4.69) is 19.5 Å². The Morgan fingerprint density at radius 1 is 1.29 bits per heavy atom. The van der Waals surface area contributed by atoms with Crippen molar-refractivity contribution in [3.8, 4) is 0 Å². The number of guanidine groups is 1. The van der Waals surface area contributed by atoms with Crippen LogP contribution >= 0.6 is 11.8 Å². The minimum Gasteiger partial charge on any atom is -0.481 e. The van der Waals surface area contributed by atoms with Crippen LogP contribution in [0.2, 0.25) is 0 Å². The highest BCUT2D eigenvalue weighted by Gasteiger charge is 2.34. The molecule has 2 atom stereocenters. The maximum absolute atomic E-state index is 12.8. The van der Waals surface area contributed by atoms with Crippen molar-refractivity contribution in [2.45, 2.75) is 36.6 Å². The molecule has 1 heterocycles. The van der Waals surface area contributed by atoms with E-state index in [1.807, 2.05) is 0 Å². The minimum absolute atomic E-state index is 0.0219. The number of nitrogens with zero attached hydrogens (tertiary/aromatic N) is 2. The third-order valence-electron chi connectivity index (χ3n) is 4.78. The average Bonchev–Trinajstić information content (AvgIpc) is 2.67. The van der Waals surface area contributed by atoms with E-state index in [1.54, 1.807) is 6.07 Å². The lowest BCUT2D eigenvalue weighted by Crippen LogP contribution is -2.44. The van der Waals surface area contributed by atoms with Crippen molar-refractivity contribution in [2.24, 2.45) is 16.2 Å². The fourth-order valence-electron chi connectivity index (χ4n) is 3.42. The van der Waals surface area contributed by atoms with Crippen molar-refractivity contribution < 1.29 is 18.3 Å². The van der Waals surface area contributed by atoms with Crippen LogP contribution in [0.15, 0.2) is 40.0 Å². The molecule has 1 fully saturated rings. The molecule has 1 saturated carbocycles. The van der Waals surface area contributed by atoms with Gasteiger partial charge in [0.1, 0.15) is 0 Å². The Labute approximate surface area is 167 Å². The molecule has 1 aliphatic rings. The van der Waals surface area contributed by atoms with Crippen molar-refractivity contribution in [1.29, 1.82) is 0 Å². The maximum Gasteiger partial charge on any atom is 0.308 e. The number of carboxylic acids is 1. The van der Waals surface area contributed by atoms with E-state index >= 15 is 0 Å². The molecule has 0 spiro atoms. The zero-order chi connectivity index (χ0) is 20.3. The zero-order valence-corrected chi connectivity index (χ0v) is 16.4. The highest BCUT2D eigenvalue weighted by Crippen LogP contribution is 2.28. The van der Waals surface area contributed by atoms with Gasteiger partial charge in [0.25, 0.3) is 0 Å². The number of rotatable bonds is 5. The summed E-state index contributed by atoms with van der Waals surface area (Å²) in [5, 5.41) is 13.4. The molecule has 1 aliphatic carbocycles. The number of aliphatic carboxylic acids is 1. The van der Waals surface area contributed by atoms with Crippen LogP contribution in [0.1, 0.15) is 25.7 Å². The lowest BCUT2D eigenvalue weighted by molar-refractivity contribution is -0.143. The summed E-state index contributed by atoms with van der Waals surface area (Å²) in [6.07, 6.45) is 5.56. The first-order valence-electron chi connectivity index (χ1n) is 8.66. The van der Waals surface area contributed by atoms with Crippen molar-refractivity contribution in [2.75, 3.05) is 5.32 Å². The number of hydrogen-bond donors (Lipinski definition) is 4. The van der Waals surface area contributed by atoms with Gasteiger partial charge in [-0.2, -0.15) is 0 Å². The number of carboxylic acid groups (broad SMARTS) is 1. The molecule has 1 aromatic carbocycles. The normalized spacial score (nSPS) is 20.8. The number of nitrogens with two attached hydrogens (primary N) is 1. The third kappa shape index (κ3) is 4.34. The first-order chi connectivity index (χ1) is 13.3. The SMILES string of the molecule is NC(=NCl)Nc1cncc2cc(S(=O)(=O)NC3CCCCC3C(=O)O)ccc12. The van der Waals surface area contributed by atoms with Crippen molar-refractivity contribution in [3.05, 3.63) is 30.6 Å². The summed E-state index contributed by atoms with van der Waals surface area (Å²) in [7, 11) is -3.89. The van der Waals surface area contributed by atoms with Crippen LogP contribution in [-0.2, 0) is 14.8 Å². The molecular formula is C17H20ClN5O4S. The summed E-state index contributed by atoms with van der Waals surface area (Å²) >= 11 is 5.32. The van der Waals surface area contributed by atoms with Gasteiger partial charge < -0.3 is 16.2 Å². The van der Waals surface area contributed by atoms with Crippen LogP contribution in [0, 0.1) is 5.92 Å². The summed E-state index contributed by atoms with van der Waals surface area (Å²) < 4.78 is 31.5. The number of benzene rings is 1. The van der Waals surface area contributed by atoms with E-state index in [4.69, 9.17) is 17.5 Å². The van der Waals surface area contributed by atoms with E-state index in [-0.39, 0.29) is 10.9 Å². The largest absolute Gasteiger partial charge is 0.481 e. The lowest BCUT2D eigenvalue weighted by Gasteiger charge is -2.29. The molecule has 28 heavy (non-hydrogen) atoms. The highest BCUT2D eigenvalue weighted by molar-refractivity contribution is 7.89. The summed E-state index contributed by atoms with van der Waals surface area (Å²) in [6, 6.07) is 3.91. The second-order valence-corrected chi connectivity index (χ2v) is 8.50. The number of fused-ring (bicyclic) bond motifs is 1. The first-order valence-corrected chi connectivity index (χ1v) is 10.5. The minimum atomic E-state index is -3.89. The van der Waals surface area contributed by atoms with Crippen LogP contribution in [0.25, 0.3) is 10.8 Å². The number of hydrogen-bond acceptors (Lipinski definition) is 5. The molecule has 11 heteroatoms. The Morgan fingerprint density at radius 2 is 2.04 bits per heavy atom. The first kappa shape index (κ1) is 20.3. The Morgan fingerprint density at radius 3 is 2.75 bits per heavy atom. The standard InChI is InChI=1S/C17H20ClN5O4S/c18-22-17(19)21-15-9-20-8-10-7-11(5-6-12(10)15)28(26,27)23-14-4-2-1-3-13(14)16(24)25/h5-9,13-14,23H,1-4H2,(H,24,25)(H3,19,21,22).